The van der Waals surface area contributed by atoms with E-state index in [0.29, 0.717) is 31.9 Å². The van der Waals surface area contributed by atoms with Crippen LogP contribution in [0.15, 0.2) is 53.6 Å². The van der Waals surface area contributed by atoms with E-state index in [-0.39, 0.29) is 30.3 Å². The van der Waals surface area contributed by atoms with E-state index in [4.69, 9.17) is 19.3 Å². The van der Waals surface area contributed by atoms with Crippen molar-refractivity contribution in [3.05, 3.63) is 59.7 Å². The van der Waals surface area contributed by atoms with Gasteiger partial charge >= 0.3 is 0 Å². The van der Waals surface area contributed by atoms with Gasteiger partial charge in [-0.05, 0) is 31.0 Å². The number of para-hydroxylation sites is 1. The average molecular weight is 521 g/mol. The lowest BCUT2D eigenvalue weighted by molar-refractivity contribution is -0.142. The van der Waals surface area contributed by atoms with Gasteiger partial charge in [0.2, 0.25) is 5.91 Å². The van der Waals surface area contributed by atoms with Crippen LogP contribution in [0.3, 0.4) is 0 Å². The zero-order valence-electron chi connectivity index (χ0n) is 22.2. The Bertz CT molecular complexity index is 1180. The summed E-state index contributed by atoms with van der Waals surface area (Å²) in [6.07, 6.45) is 2.32. The molecular weight excluding hydrogens is 484 g/mol. The van der Waals surface area contributed by atoms with Crippen LogP contribution in [0.1, 0.15) is 36.4 Å². The molecule has 202 valence electrons. The van der Waals surface area contributed by atoms with E-state index in [1.807, 2.05) is 48.5 Å². The molecule has 0 aromatic heterocycles. The molecule has 2 heterocycles. The highest BCUT2D eigenvalue weighted by Gasteiger charge is 2.38. The molecule has 0 N–H and O–H groups in total. The predicted molar refractivity (Wildman–Crippen MR) is 143 cm³/mol. The Morgan fingerprint density at radius 3 is 2.58 bits per heavy atom. The summed E-state index contributed by atoms with van der Waals surface area (Å²) in [5.41, 5.74) is 2.58. The SMILES string of the molecule is COc1cccc(C2=NN(C(=O)CN(CCN3CCOCC3)C(=O)C3CC3)[C@@H](c3ccccc3OC)C2)c1. The summed E-state index contributed by atoms with van der Waals surface area (Å²) in [5.74, 6) is 1.34. The van der Waals surface area contributed by atoms with E-state index in [9.17, 15) is 9.59 Å². The van der Waals surface area contributed by atoms with Gasteiger partial charge in [-0.15, -0.1) is 0 Å². The van der Waals surface area contributed by atoms with Gasteiger partial charge in [-0.1, -0.05) is 30.3 Å². The van der Waals surface area contributed by atoms with Gasteiger partial charge < -0.3 is 19.1 Å². The molecule has 0 radical (unpaired) electrons. The minimum Gasteiger partial charge on any atom is -0.497 e. The maximum atomic E-state index is 13.9. The van der Waals surface area contributed by atoms with Crippen LogP contribution in [0.4, 0.5) is 0 Å². The number of carbonyl (C=O) groups excluding carboxylic acids is 2. The quantitative estimate of drug-likeness (QED) is 0.479. The number of amides is 2. The highest BCUT2D eigenvalue weighted by atomic mass is 16.5. The average Bonchev–Trinajstić information content (AvgIpc) is 3.73. The lowest BCUT2D eigenvalue weighted by Crippen LogP contribution is -2.47. The van der Waals surface area contributed by atoms with Crippen molar-refractivity contribution in [2.75, 3.05) is 60.2 Å². The molecule has 2 aromatic carbocycles. The van der Waals surface area contributed by atoms with Crippen LogP contribution in [-0.4, -0.2) is 92.5 Å². The first-order valence-corrected chi connectivity index (χ1v) is 13.3. The maximum Gasteiger partial charge on any atom is 0.262 e. The number of hydrogen-bond acceptors (Lipinski definition) is 7. The first-order valence-electron chi connectivity index (χ1n) is 13.3. The molecule has 9 heteroatoms. The third-order valence-corrected chi connectivity index (χ3v) is 7.42. The summed E-state index contributed by atoms with van der Waals surface area (Å²) in [4.78, 5) is 31.1. The van der Waals surface area contributed by atoms with Crippen LogP contribution in [0.2, 0.25) is 0 Å². The summed E-state index contributed by atoms with van der Waals surface area (Å²) < 4.78 is 16.5. The number of morpholine rings is 1. The van der Waals surface area contributed by atoms with E-state index in [2.05, 4.69) is 4.90 Å². The van der Waals surface area contributed by atoms with Crippen LogP contribution in [0, 0.1) is 5.92 Å². The van der Waals surface area contributed by atoms with Gasteiger partial charge in [0.1, 0.15) is 18.0 Å². The number of nitrogens with zero attached hydrogens (tertiary/aromatic N) is 4. The summed E-state index contributed by atoms with van der Waals surface area (Å²) in [5, 5.41) is 6.36. The van der Waals surface area contributed by atoms with Crippen molar-refractivity contribution in [1.82, 2.24) is 14.8 Å². The molecule has 1 saturated carbocycles. The number of methoxy groups -OCH3 is 2. The van der Waals surface area contributed by atoms with Gasteiger partial charge in [0.25, 0.3) is 5.91 Å². The van der Waals surface area contributed by atoms with Crippen LogP contribution >= 0.6 is 0 Å². The van der Waals surface area contributed by atoms with Crippen molar-refractivity contribution in [2.45, 2.75) is 25.3 Å². The third-order valence-electron chi connectivity index (χ3n) is 7.42. The predicted octanol–water partition coefficient (Wildman–Crippen LogP) is 2.95. The van der Waals surface area contributed by atoms with Gasteiger partial charge in [0.05, 0.1) is 39.2 Å². The normalized spacial score (nSPS) is 19.7. The fourth-order valence-corrected chi connectivity index (χ4v) is 5.08. The first-order chi connectivity index (χ1) is 18.6. The molecule has 3 aliphatic rings. The van der Waals surface area contributed by atoms with Gasteiger partial charge in [-0.2, -0.15) is 5.10 Å². The van der Waals surface area contributed by atoms with E-state index in [1.165, 1.54) is 0 Å². The lowest BCUT2D eigenvalue weighted by Gasteiger charge is -2.31. The highest BCUT2D eigenvalue weighted by molar-refractivity contribution is 6.03. The highest BCUT2D eigenvalue weighted by Crippen LogP contribution is 2.38. The Kier molecular flexibility index (Phi) is 8.24. The van der Waals surface area contributed by atoms with Gasteiger partial charge in [-0.3, -0.25) is 14.5 Å². The van der Waals surface area contributed by atoms with E-state index in [0.717, 1.165) is 55.1 Å². The second-order valence-electron chi connectivity index (χ2n) is 9.97. The molecule has 2 fully saturated rings. The lowest BCUT2D eigenvalue weighted by atomic mass is 9.97. The van der Waals surface area contributed by atoms with E-state index in [1.54, 1.807) is 24.1 Å². The number of benzene rings is 2. The molecule has 0 unspecified atom stereocenters. The van der Waals surface area contributed by atoms with Crippen molar-refractivity contribution < 1.29 is 23.8 Å². The molecule has 1 atom stereocenters. The summed E-state index contributed by atoms with van der Waals surface area (Å²) >= 11 is 0. The number of hydrogen-bond donors (Lipinski definition) is 0. The van der Waals surface area contributed by atoms with Crippen molar-refractivity contribution in [2.24, 2.45) is 11.0 Å². The molecule has 9 nitrogen and oxygen atoms in total. The minimum atomic E-state index is -0.336. The largest absolute Gasteiger partial charge is 0.497 e. The first kappa shape index (κ1) is 26.2. The number of ether oxygens (including phenoxy) is 3. The Morgan fingerprint density at radius 2 is 1.84 bits per heavy atom. The molecule has 0 spiro atoms. The zero-order chi connectivity index (χ0) is 26.5. The smallest absolute Gasteiger partial charge is 0.262 e. The van der Waals surface area contributed by atoms with Crippen molar-refractivity contribution in [1.29, 1.82) is 0 Å². The Balaban J connectivity index is 1.39. The number of rotatable bonds is 10. The van der Waals surface area contributed by atoms with Crippen LogP contribution in [0.25, 0.3) is 0 Å². The van der Waals surface area contributed by atoms with Crippen LogP contribution in [-0.2, 0) is 14.3 Å². The molecule has 1 saturated heterocycles. The van der Waals surface area contributed by atoms with Crippen molar-refractivity contribution >= 4 is 17.5 Å². The van der Waals surface area contributed by atoms with Crippen LogP contribution in [0.5, 0.6) is 11.5 Å². The third kappa shape index (κ3) is 6.00. The minimum absolute atomic E-state index is 0.000211. The molecule has 2 aliphatic heterocycles. The molecule has 38 heavy (non-hydrogen) atoms. The standard InChI is InChI=1S/C29H36N4O5/c1-36-23-7-5-6-22(18-23)25-19-26(24-8-3-4-9-27(24)37-2)33(30-25)28(34)20-32(29(35)21-10-11-21)13-12-31-14-16-38-17-15-31/h3-9,18,21,26H,10-17,19-20H2,1-2H3/t26-/m1/s1. The van der Waals surface area contributed by atoms with Gasteiger partial charge in [-0.25, -0.2) is 5.01 Å². The molecule has 2 aromatic rings. The Morgan fingerprint density at radius 1 is 1.05 bits per heavy atom. The van der Waals surface area contributed by atoms with Gasteiger partial charge in [0, 0.05) is 49.6 Å². The second-order valence-corrected chi connectivity index (χ2v) is 9.97. The van der Waals surface area contributed by atoms with Crippen LogP contribution < -0.4 is 9.47 Å². The molecule has 5 rings (SSSR count). The monoisotopic (exact) mass is 520 g/mol. The summed E-state index contributed by atoms with van der Waals surface area (Å²) in [6.45, 7) is 4.33. The number of hydrazone groups is 1. The Hall–Kier alpha value is -3.43. The molecule has 1 aliphatic carbocycles. The molecular formula is C29H36N4O5. The molecule has 0 bridgehead atoms. The van der Waals surface area contributed by atoms with E-state index >= 15 is 0 Å². The maximum absolute atomic E-state index is 13.9. The topological polar surface area (TPSA) is 83.9 Å². The number of carbonyl (C=O) groups is 2. The summed E-state index contributed by atoms with van der Waals surface area (Å²) in [6, 6.07) is 15.1. The zero-order valence-corrected chi connectivity index (χ0v) is 22.2. The molecule has 2 amide bonds. The van der Waals surface area contributed by atoms with E-state index < -0.39 is 0 Å². The summed E-state index contributed by atoms with van der Waals surface area (Å²) in [7, 11) is 3.26. The Labute approximate surface area is 223 Å². The van der Waals surface area contributed by atoms with Gasteiger partial charge in [0.15, 0.2) is 0 Å². The fraction of sp³-hybridized carbons (Fsp3) is 0.483. The van der Waals surface area contributed by atoms with Crippen molar-refractivity contribution in [3.63, 3.8) is 0 Å². The van der Waals surface area contributed by atoms with Crippen molar-refractivity contribution in [3.8, 4) is 11.5 Å². The second kappa shape index (κ2) is 12.0. The fourth-order valence-electron chi connectivity index (χ4n) is 5.08.